The average Bonchev–Trinajstić information content (AvgIpc) is 2.82. The minimum atomic E-state index is -0.822. The van der Waals surface area contributed by atoms with Crippen LogP contribution in [0, 0.1) is 13.8 Å². The summed E-state index contributed by atoms with van der Waals surface area (Å²) in [4.78, 5) is 12.9. The molecule has 1 aromatic carbocycles. The smallest absolute Gasteiger partial charge is 0.305 e. The van der Waals surface area contributed by atoms with Crippen LogP contribution in [-0.2, 0) is 11.3 Å². The monoisotopic (exact) mass is 304 g/mol. The molecule has 0 aliphatic heterocycles. The molecule has 22 heavy (non-hydrogen) atoms. The number of aryl methyl sites for hydroxylation is 2. The molecule has 0 fully saturated rings. The van der Waals surface area contributed by atoms with Gasteiger partial charge < -0.3 is 19.3 Å². The normalized spacial score (nSPS) is 10.5. The second-order valence-electron chi connectivity index (χ2n) is 5.07. The van der Waals surface area contributed by atoms with E-state index in [2.05, 4.69) is 5.16 Å². The first-order valence-electron chi connectivity index (χ1n) is 7.03. The Morgan fingerprint density at radius 2 is 2.00 bits per heavy atom. The van der Waals surface area contributed by atoms with Gasteiger partial charge in [-0.3, -0.25) is 4.79 Å². The molecule has 1 heterocycles. The lowest BCUT2D eigenvalue weighted by Gasteiger charge is -2.24. The Balaban J connectivity index is 2.23. The van der Waals surface area contributed by atoms with Gasteiger partial charge in [0.05, 0.1) is 19.2 Å². The van der Waals surface area contributed by atoms with Gasteiger partial charge in [0.1, 0.15) is 11.5 Å². The molecule has 0 unspecified atom stereocenters. The van der Waals surface area contributed by atoms with E-state index in [1.54, 1.807) is 7.11 Å². The van der Waals surface area contributed by atoms with E-state index in [4.69, 9.17) is 14.4 Å². The molecule has 1 aromatic heterocycles. The molecule has 1 N–H and O–H groups in total. The molecule has 0 atom stereocenters. The third-order valence-electron chi connectivity index (χ3n) is 3.56. The molecule has 0 bridgehead atoms. The lowest BCUT2D eigenvalue weighted by Crippen LogP contribution is -2.26. The van der Waals surface area contributed by atoms with Crippen molar-refractivity contribution in [1.82, 2.24) is 5.16 Å². The average molecular weight is 304 g/mol. The number of hydrogen-bond donors (Lipinski definition) is 1. The number of anilines is 1. The third kappa shape index (κ3) is 3.78. The molecule has 0 amide bonds. The number of nitrogens with zero attached hydrogens (tertiary/aromatic N) is 2. The van der Waals surface area contributed by atoms with Crippen LogP contribution in [0.4, 0.5) is 5.69 Å². The third-order valence-corrected chi connectivity index (χ3v) is 3.56. The summed E-state index contributed by atoms with van der Waals surface area (Å²) in [6, 6.07) is 7.55. The maximum Gasteiger partial charge on any atom is 0.305 e. The highest BCUT2D eigenvalue weighted by atomic mass is 16.5. The van der Waals surface area contributed by atoms with Crippen LogP contribution >= 0.6 is 0 Å². The number of carboxylic acids is 1. The van der Waals surface area contributed by atoms with Crippen LogP contribution in [0.3, 0.4) is 0 Å². The Hall–Kier alpha value is -2.50. The van der Waals surface area contributed by atoms with Crippen molar-refractivity contribution in [2.45, 2.75) is 26.8 Å². The molecule has 2 aromatic rings. The van der Waals surface area contributed by atoms with Gasteiger partial charge in [-0.2, -0.15) is 0 Å². The minimum Gasteiger partial charge on any atom is -0.497 e. The van der Waals surface area contributed by atoms with Crippen molar-refractivity contribution in [3.8, 4) is 5.75 Å². The molecule has 6 heteroatoms. The number of carbonyl (C=O) groups is 1. The molecule has 2 rings (SSSR count). The Bertz CT molecular complexity index is 615. The van der Waals surface area contributed by atoms with Gasteiger partial charge in [-0.1, -0.05) is 5.16 Å². The molecule has 0 aliphatic rings. The first-order valence-corrected chi connectivity index (χ1v) is 7.03. The largest absolute Gasteiger partial charge is 0.497 e. The fraction of sp³-hybridized carbons (Fsp3) is 0.375. The number of benzene rings is 1. The number of hydrogen-bond acceptors (Lipinski definition) is 5. The van der Waals surface area contributed by atoms with Crippen molar-refractivity contribution in [2.24, 2.45) is 0 Å². The summed E-state index contributed by atoms with van der Waals surface area (Å²) in [5, 5.41) is 12.9. The second kappa shape index (κ2) is 6.98. The van der Waals surface area contributed by atoms with Gasteiger partial charge in [0.15, 0.2) is 0 Å². The number of aromatic nitrogens is 1. The van der Waals surface area contributed by atoms with E-state index in [9.17, 15) is 4.79 Å². The van der Waals surface area contributed by atoms with Crippen LogP contribution in [0.2, 0.25) is 0 Å². The van der Waals surface area contributed by atoms with E-state index in [1.165, 1.54) is 0 Å². The van der Waals surface area contributed by atoms with Gasteiger partial charge in [0.2, 0.25) is 0 Å². The van der Waals surface area contributed by atoms with E-state index in [0.29, 0.717) is 13.1 Å². The molecule has 0 saturated carbocycles. The minimum absolute atomic E-state index is 0.0649. The number of methoxy groups -OCH3 is 1. The Morgan fingerprint density at radius 3 is 2.50 bits per heavy atom. The van der Waals surface area contributed by atoms with Crippen LogP contribution in [0.25, 0.3) is 0 Å². The van der Waals surface area contributed by atoms with E-state index in [-0.39, 0.29) is 6.42 Å². The van der Waals surface area contributed by atoms with Crippen LogP contribution < -0.4 is 9.64 Å². The highest BCUT2D eigenvalue weighted by Gasteiger charge is 2.15. The molecule has 6 nitrogen and oxygen atoms in total. The summed E-state index contributed by atoms with van der Waals surface area (Å²) in [6.45, 7) is 4.71. The molecular weight excluding hydrogens is 284 g/mol. The van der Waals surface area contributed by atoms with E-state index >= 15 is 0 Å². The second-order valence-corrected chi connectivity index (χ2v) is 5.07. The lowest BCUT2D eigenvalue weighted by atomic mass is 10.1. The number of ether oxygens (including phenoxy) is 1. The zero-order valence-corrected chi connectivity index (χ0v) is 13.0. The molecule has 0 spiro atoms. The summed E-state index contributed by atoms with van der Waals surface area (Å²) < 4.78 is 10.3. The fourth-order valence-electron chi connectivity index (χ4n) is 2.24. The summed E-state index contributed by atoms with van der Waals surface area (Å²) in [5.74, 6) is 0.697. The van der Waals surface area contributed by atoms with Gasteiger partial charge in [-0.15, -0.1) is 0 Å². The van der Waals surface area contributed by atoms with Crippen molar-refractivity contribution in [3.63, 3.8) is 0 Å². The highest BCUT2D eigenvalue weighted by molar-refractivity contribution is 5.67. The van der Waals surface area contributed by atoms with Crippen molar-refractivity contribution >= 4 is 11.7 Å². The molecule has 0 radical (unpaired) electrons. The summed E-state index contributed by atoms with van der Waals surface area (Å²) >= 11 is 0. The Morgan fingerprint density at radius 1 is 1.32 bits per heavy atom. The molecular formula is C16H20N2O4. The maximum absolute atomic E-state index is 10.9. The zero-order chi connectivity index (χ0) is 16.1. The van der Waals surface area contributed by atoms with E-state index in [1.807, 2.05) is 43.0 Å². The first-order chi connectivity index (χ1) is 10.5. The van der Waals surface area contributed by atoms with Gasteiger partial charge in [-0.25, -0.2) is 0 Å². The summed E-state index contributed by atoms with van der Waals surface area (Å²) in [6.07, 6.45) is 0.0649. The van der Waals surface area contributed by atoms with Crippen LogP contribution in [0.15, 0.2) is 28.8 Å². The predicted molar refractivity (Wildman–Crippen MR) is 82.3 cm³/mol. The van der Waals surface area contributed by atoms with Crippen LogP contribution in [-0.4, -0.2) is 29.9 Å². The van der Waals surface area contributed by atoms with Crippen LogP contribution in [0.5, 0.6) is 5.75 Å². The first kappa shape index (κ1) is 15.9. The number of rotatable bonds is 7. The van der Waals surface area contributed by atoms with Gasteiger partial charge in [0, 0.05) is 24.3 Å². The number of carboxylic acid groups (broad SMARTS) is 1. The number of aliphatic carboxylic acids is 1. The topological polar surface area (TPSA) is 75.8 Å². The quantitative estimate of drug-likeness (QED) is 0.847. The van der Waals surface area contributed by atoms with E-state index in [0.717, 1.165) is 28.5 Å². The van der Waals surface area contributed by atoms with Gasteiger partial charge in [-0.05, 0) is 38.1 Å². The van der Waals surface area contributed by atoms with Crippen LogP contribution in [0.1, 0.15) is 23.4 Å². The van der Waals surface area contributed by atoms with Crippen molar-refractivity contribution in [2.75, 3.05) is 18.6 Å². The predicted octanol–water partition coefficient (Wildman–Crippen LogP) is 2.78. The summed E-state index contributed by atoms with van der Waals surface area (Å²) in [7, 11) is 1.61. The van der Waals surface area contributed by atoms with Gasteiger partial charge in [0.25, 0.3) is 0 Å². The molecule has 0 saturated heterocycles. The van der Waals surface area contributed by atoms with Crippen molar-refractivity contribution in [3.05, 3.63) is 41.3 Å². The molecule has 0 aliphatic carbocycles. The Labute approximate surface area is 129 Å². The van der Waals surface area contributed by atoms with Crippen molar-refractivity contribution in [1.29, 1.82) is 0 Å². The van der Waals surface area contributed by atoms with Crippen molar-refractivity contribution < 1.29 is 19.2 Å². The lowest BCUT2D eigenvalue weighted by molar-refractivity contribution is -0.136. The fourth-order valence-corrected chi connectivity index (χ4v) is 2.24. The summed E-state index contributed by atoms with van der Waals surface area (Å²) in [5.41, 5.74) is 2.74. The highest BCUT2D eigenvalue weighted by Crippen LogP contribution is 2.23. The SMILES string of the molecule is COc1ccc(N(CCC(=O)O)Cc2c(C)noc2C)cc1. The zero-order valence-electron chi connectivity index (χ0n) is 13.0. The standard InChI is InChI=1S/C16H20N2O4/c1-11-15(12(2)22-17-11)10-18(9-8-16(19)20)13-4-6-14(21-3)7-5-13/h4-7H,8-10H2,1-3H3,(H,19,20). The molecule has 118 valence electrons. The maximum atomic E-state index is 10.9. The van der Waals surface area contributed by atoms with E-state index < -0.39 is 5.97 Å². The Kier molecular flexibility index (Phi) is 5.04. The van der Waals surface area contributed by atoms with Gasteiger partial charge >= 0.3 is 5.97 Å².